The van der Waals surface area contributed by atoms with E-state index in [0.717, 1.165) is 6.07 Å². The van der Waals surface area contributed by atoms with Crippen molar-refractivity contribution in [1.29, 1.82) is 0 Å². The van der Waals surface area contributed by atoms with Crippen molar-refractivity contribution in [1.82, 2.24) is 0 Å². The SMILES string of the molecule is Cc1ccc(NC(=S)CN)cc1C(F)(F)F. The van der Waals surface area contributed by atoms with Gasteiger partial charge in [-0.3, -0.25) is 0 Å². The molecular weight excluding hydrogens is 237 g/mol. The molecule has 1 aromatic rings. The number of rotatable bonds is 2. The molecule has 0 unspecified atom stereocenters. The number of alkyl halides is 3. The second kappa shape index (κ2) is 4.80. The van der Waals surface area contributed by atoms with Gasteiger partial charge in [-0.25, -0.2) is 0 Å². The van der Waals surface area contributed by atoms with E-state index in [-0.39, 0.29) is 12.1 Å². The van der Waals surface area contributed by atoms with Crippen molar-refractivity contribution in [3.8, 4) is 0 Å². The molecule has 2 nitrogen and oxygen atoms in total. The zero-order valence-electron chi connectivity index (χ0n) is 8.56. The van der Waals surface area contributed by atoms with E-state index in [4.69, 9.17) is 18.0 Å². The number of hydrogen-bond donors (Lipinski definition) is 2. The highest BCUT2D eigenvalue weighted by Crippen LogP contribution is 2.33. The summed E-state index contributed by atoms with van der Waals surface area (Å²) < 4.78 is 37.7. The highest BCUT2D eigenvalue weighted by atomic mass is 32.1. The van der Waals surface area contributed by atoms with Crippen LogP contribution in [0.5, 0.6) is 0 Å². The lowest BCUT2D eigenvalue weighted by Crippen LogP contribution is -2.20. The summed E-state index contributed by atoms with van der Waals surface area (Å²) in [5, 5.41) is 2.64. The summed E-state index contributed by atoms with van der Waals surface area (Å²) in [6, 6.07) is 3.95. The summed E-state index contributed by atoms with van der Waals surface area (Å²) in [4.78, 5) is 0.303. The van der Waals surface area contributed by atoms with Crippen molar-refractivity contribution in [3.63, 3.8) is 0 Å². The van der Waals surface area contributed by atoms with Crippen LogP contribution in [0.15, 0.2) is 18.2 Å². The molecule has 0 amide bonds. The predicted octanol–water partition coefficient (Wildman–Crippen LogP) is 2.71. The fourth-order valence-electron chi connectivity index (χ4n) is 1.22. The van der Waals surface area contributed by atoms with Gasteiger partial charge in [-0.15, -0.1) is 0 Å². The largest absolute Gasteiger partial charge is 0.416 e. The van der Waals surface area contributed by atoms with Crippen LogP contribution in [0.25, 0.3) is 0 Å². The molecule has 1 rings (SSSR count). The monoisotopic (exact) mass is 248 g/mol. The van der Waals surface area contributed by atoms with Gasteiger partial charge in [0.1, 0.15) is 0 Å². The summed E-state index contributed by atoms with van der Waals surface area (Å²) in [6.45, 7) is 1.51. The fourth-order valence-corrected chi connectivity index (χ4v) is 1.34. The molecule has 0 radical (unpaired) electrons. The topological polar surface area (TPSA) is 38.0 Å². The van der Waals surface area contributed by atoms with E-state index in [1.165, 1.54) is 19.1 Å². The zero-order valence-corrected chi connectivity index (χ0v) is 9.38. The number of anilines is 1. The van der Waals surface area contributed by atoms with Crippen molar-refractivity contribution in [2.45, 2.75) is 13.1 Å². The third kappa shape index (κ3) is 3.18. The molecular formula is C10H11F3N2S. The quantitative estimate of drug-likeness (QED) is 0.790. The lowest BCUT2D eigenvalue weighted by molar-refractivity contribution is -0.138. The number of aryl methyl sites for hydroxylation is 1. The summed E-state index contributed by atoms with van der Waals surface area (Å²) in [6.07, 6.45) is -4.36. The predicted molar refractivity (Wildman–Crippen MR) is 61.5 cm³/mol. The molecule has 16 heavy (non-hydrogen) atoms. The molecule has 0 fully saturated rings. The van der Waals surface area contributed by atoms with E-state index in [2.05, 4.69) is 5.32 Å². The Morgan fingerprint density at radius 1 is 1.44 bits per heavy atom. The van der Waals surface area contributed by atoms with Crippen molar-refractivity contribution in [2.24, 2.45) is 5.73 Å². The third-order valence-electron chi connectivity index (χ3n) is 2.01. The normalized spacial score (nSPS) is 11.3. The molecule has 0 saturated carbocycles. The van der Waals surface area contributed by atoms with Gasteiger partial charge in [-0.05, 0) is 24.6 Å². The van der Waals surface area contributed by atoms with Gasteiger partial charge in [0.25, 0.3) is 0 Å². The van der Waals surface area contributed by atoms with Crippen molar-refractivity contribution < 1.29 is 13.2 Å². The van der Waals surface area contributed by atoms with Crippen molar-refractivity contribution >= 4 is 22.9 Å². The van der Waals surface area contributed by atoms with Crippen LogP contribution >= 0.6 is 12.2 Å². The third-order valence-corrected chi connectivity index (χ3v) is 2.28. The standard InChI is InChI=1S/C10H11F3N2S/c1-6-2-3-7(15-9(16)5-14)4-8(6)10(11,12)13/h2-4H,5,14H2,1H3,(H,15,16). The summed E-state index contributed by atoms with van der Waals surface area (Å²) >= 11 is 4.79. The van der Waals surface area contributed by atoms with E-state index >= 15 is 0 Å². The molecule has 0 bridgehead atoms. The molecule has 0 atom stereocenters. The molecule has 88 valence electrons. The maximum absolute atomic E-state index is 12.6. The molecule has 0 spiro atoms. The first-order valence-electron chi connectivity index (χ1n) is 4.52. The molecule has 0 aliphatic rings. The van der Waals surface area contributed by atoms with Gasteiger partial charge in [-0.1, -0.05) is 18.3 Å². The maximum atomic E-state index is 12.6. The molecule has 1 aromatic carbocycles. The lowest BCUT2D eigenvalue weighted by Gasteiger charge is -2.13. The summed E-state index contributed by atoms with van der Waals surface area (Å²) in [5.74, 6) is 0. The highest BCUT2D eigenvalue weighted by Gasteiger charge is 2.32. The Bertz CT molecular complexity index is 402. The first kappa shape index (κ1) is 12.9. The van der Waals surface area contributed by atoms with Gasteiger partial charge in [0.2, 0.25) is 0 Å². The van der Waals surface area contributed by atoms with Gasteiger partial charge < -0.3 is 11.1 Å². The molecule has 6 heteroatoms. The minimum absolute atomic E-state index is 0.102. The summed E-state index contributed by atoms with van der Waals surface area (Å²) in [5.41, 5.74) is 5.06. The summed E-state index contributed by atoms with van der Waals surface area (Å²) in [7, 11) is 0. The van der Waals surface area contributed by atoms with Crippen LogP contribution in [-0.2, 0) is 6.18 Å². The molecule has 0 saturated heterocycles. The fraction of sp³-hybridized carbons (Fsp3) is 0.300. The Labute approximate surface area is 96.6 Å². The van der Waals surface area contributed by atoms with Crippen LogP contribution < -0.4 is 11.1 Å². The van der Waals surface area contributed by atoms with Crippen LogP contribution in [0.4, 0.5) is 18.9 Å². The van der Waals surface area contributed by atoms with Crippen LogP contribution in [-0.4, -0.2) is 11.5 Å². The molecule has 0 aromatic heterocycles. The number of nitrogens with two attached hydrogens (primary N) is 1. The Balaban J connectivity index is 3.03. The molecule has 0 aliphatic carbocycles. The Morgan fingerprint density at radius 3 is 2.56 bits per heavy atom. The molecule has 3 N–H and O–H groups in total. The van der Waals surface area contributed by atoms with E-state index < -0.39 is 11.7 Å². The minimum atomic E-state index is -4.36. The number of nitrogens with one attached hydrogen (secondary N) is 1. The van der Waals surface area contributed by atoms with Gasteiger partial charge in [0.05, 0.1) is 10.6 Å². The second-order valence-corrected chi connectivity index (χ2v) is 3.77. The average molecular weight is 248 g/mol. The number of thiocarbonyl (C=S) groups is 1. The van der Waals surface area contributed by atoms with E-state index in [1.54, 1.807) is 0 Å². The maximum Gasteiger partial charge on any atom is 0.416 e. The Morgan fingerprint density at radius 2 is 2.06 bits per heavy atom. The van der Waals surface area contributed by atoms with Crippen LogP contribution in [0.1, 0.15) is 11.1 Å². The molecule has 0 aliphatic heterocycles. The van der Waals surface area contributed by atoms with E-state index in [0.29, 0.717) is 10.7 Å². The number of benzene rings is 1. The van der Waals surface area contributed by atoms with Gasteiger partial charge in [-0.2, -0.15) is 13.2 Å². The van der Waals surface area contributed by atoms with E-state index in [9.17, 15) is 13.2 Å². The van der Waals surface area contributed by atoms with Crippen LogP contribution in [0.2, 0.25) is 0 Å². The average Bonchev–Trinajstić information content (AvgIpc) is 2.19. The van der Waals surface area contributed by atoms with E-state index in [1.807, 2.05) is 0 Å². The Kier molecular flexibility index (Phi) is 3.88. The van der Waals surface area contributed by atoms with Gasteiger partial charge in [0, 0.05) is 12.2 Å². The van der Waals surface area contributed by atoms with Crippen LogP contribution in [0, 0.1) is 6.92 Å². The first-order chi connectivity index (χ1) is 7.34. The van der Waals surface area contributed by atoms with Crippen LogP contribution in [0.3, 0.4) is 0 Å². The number of halogens is 3. The Hall–Kier alpha value is -1.14. The first-order valence-corrected chi connectivity index (χ1v) is 4.93. The second-order valence-electron chi connectivity index (χ2n) is 3.28. The lowest BCUT2D eigenvalue weighted by atomic mass is 10.1. The van der Waals surface area contributed by atoms with Gasteiger partial charge >= 0.3 is 6.18 Å². The smallest absolute Gasteiger partial charge is 0.349 e. The molecule has 0 heterocycles. The highest BCUT2D eigenvalue weighted by molar-refractivity contribution is 7.80. The van der Waals surface area contributed by atoms with Crippen molar-refractivity contribution in [3.05, 3.63) is 29.3 Å². The number of hydrogen-bond acceptors (Lipinski definition) is 2. The minimum Gasteiger partial charge on any atom is -0.349 e. The zero-order chi connectivity index (χ0) is 12.3. The van der Waals surface area contributed by atoms with Crippen molar-refractivity contribution in [2.75, 3.05) is 11.9 Å². The van der Waals surface area contributed by atoms with Gasteiger partial charge in [0.15, 0.2) is 0 Å².